The maximum atomic E-state index is 12.4. The van der Waals surface area contributed by atoms with Gasteiger partial charge >= 0.3 is 5.97 Å². The zero-order chi connectivity index (χ0) is 17.7. The van der Waals surface area contributed by atoms with E-state index in [4.69, 9.17) is 18.7 Å². The summed E-state index contributed by atoms with van der Waals surface area (Å²) in [6, 6.07) is 4.83. The van der Waals surface area contributed by atoms with Gasteiger partial charge < -0.3 is 18.7 Å². The van der Waals surface area contributed by atoms with E-state index in [0.29, 0.717) is 29.4 Å². The third-order valence-corrected chi connectivity index (χ3v) is 3.51. The van der Waals surface area contributed by atoms with Crippen LogP contribution in [0.15, 0.2) is 22.7 Å². The molecule has 0 spiro atoms. The van der Waals surface area contributed by atoms with Crippen LogP contribution in [0.1, 0.15) is 39.1 Å². The Balaban J connectivity index is 2.13. The summed E-state index contributed by atoms with van der Waals surface area (Å²) in [5.41, 5.74) is 1.05. The van der Waals surface area contributed by atoms with Crippen LogP contribution < -0.4 is 9.47 Å². The van der Waals surface area contributed by atoms with Gasteiger partial charge in [-0.3, -0.25) is 4.79 Å². The molecule has 0 saturated heterocycles. The summed E-state index contributed by atoms with van der Waals surface area (Å²) >= 11 is 0. The van der Waals surface area contributed by atoms with Crippen molar-refractivity contribution in [3.05, 3.63) is 40.8 Å². The van der Waals surface area contributed by atoms with E-state index in [1.54, 1.807) is 19.1 Å². The van der Waals surface area contributed by atoms with Crippen molar-refractivity contribution >= 4 is 11.8 Å². The zero-order valence-electron chi connectivity index (χ0n) is 14.0. The fourth-order valence-corrected chi connectivity index (χ4v) is 2.23. The van der Waals surface area contributed by atoms with Gasteiger partial charge in [-0.15, -0.1) is 0 Å². The first-order valence-corrected chi connectivity index (χ1v) is 7.39. The summed E-state index contributed by atoms with van der Waals surface area (Å²) in [7, 11) is 2.95. The molecule has 1 aromatic carbocycles. The molecule has 0 fully saturated rings. The normalized spacial score (nSPS) is 10.3. The minimum Gasteiger partial charge on any atom is -0.497 e. The number of methoxy groups -OCH3 is 2. The number of hydrogen-bond donors (Lipinski definition) is 0. The van der Waals surface area contributed by atoms with E-state index in [1.807, 2.05) is 6.92 Å². The number of ketones is 1. The quantitative estimate of drug-likeness (QED) is 0.568. The number of hydrogen-bond acceptors (Lipinski definition) is 7. The number of Topliss-reactive ketones (excluding diaryl/α,β-unsaturated/α-hetero) is 1. The van der Waals surface area contributed by atoms with Crippen molar-refractivity contribution in [2.45, 2.75) is 20.3 Å². The lowest BCUT2D eigenvalue weighted by Gasteiger charge is -2.10. The van der Waals surface area contributed by atoms with Crippen molar-refractivity contribution < 1.29 is 28.3 Å². The molecule has 0 aliphatic carbocycles. The number of benzene rings is 1. The Morgan fingerprint density at radius 3 is 2.58 bits per heavy atom. The van der Waals surface area contributed by atoms with Crippen molar-refractivity contribution in [3.63, 3.8) is 0 Å². The SMILES string of the molecule is CCc1noc(C)c1C(=O)OCC(=O)c1cc(OC)ccc1OC. The minimum absolute atomic E-state index is 0.267. The van der Waals surface area contributed by atoms with E-state index < -0.39 is 18.4 Å². The lowest BCUT2D eigenvalue weighted by Crippen LogP contribution is -2.16. The molecule has 0 saturated carbocycles. The van der Waals surface area contributed by atoms with Crippen LogP contribution in [-0.2, 0) is 11.2 Å². The second-order valence-corrected chi connectivity index (χ2v) is 4.98. The Bertz CT molecular complexity index is 750. The molecule has 0 N–H and O–H groups in total. The lowest BCUT2D eigenvalue weighted by molar-refractivity contribution is 0.0471. The highest BCUT2D eigenvalue weighted by Crippen LogP contribution is 2.24. The number of carbonyl (C=O) groups excluding carboxylic acids is 2. The number of carbonyl (C=O) groups is 2. The molecule has 0 atom stereocenters. The summed E-state index contributed by atoms with van der Waals surface area (Å²) in [5, 5.41) is 3.79. The van der Waals surface area contributed by atoms with Gasteiger partial charge in [0.05, 0.1) is 25.5 Å². The first-order valence-electron chi connectivity index (χ1n) is 7.39. The average Bonchev–Trinajstić information content (AvgIpc) is 2.99. The zero-order valence-corrected chi connectivity index (χ0v) is 14.0. The maximum absolute atomic E-state index is 12.4. The van der Waals surface area contributed by atoms with Gasteiger partial charge in [0.1, 0.15) is 22.8 Å². The highest BCUT2D eigenvalue weighted by molar-refractivity contribution is 6.02. The molecule has 1 aromatic heterocycles. The highest BCUT2D eigenvalue weighted by Gasteiger charge is 2.22. The number of ether oxygens (including phenoxy) is 3. The van der Waals surface area contributed by atoms with Crippen molar-refractivity contribution in [2.24, 2.45) is 0 Å². The van der Waals surface area contributed by atoms with Gasteiger partial charge in [-0.1, -0.05) is 12.1 Å². The molecule has 0 aliphatic heterocycles. The highest BCUT2D eigenvalue weighted by atomic mass is 16.5. The molecule has 0 amide bonds. The van der Waals surface area contributed by atoms with Gasteiger partial charge in [-0.2, -0.15) is 0 Å². The molecule has 24 heavy (non-hydrogen) atoms. The number of rotatable bonds is 7. The second-order valence-electron chi connectivity index (χ2n) is 4.98. The van der Waals surface area contributed by atoms with Gasteiger partial charge in [-0.05, 0) is 31.5 Å². The van der Waals surface area contributed by atoms with Gasteiger partial charge in [-0.25, -0.2) is 4.79 Å². The van der Waals surface area contributed by atoms with Gasteiger partial charge in [0.2, 0.25) is 5.78 Å². The molecule has 7 heteroatoms. The van der Waals surface area contributed by atoms with E-state index in [0.717, 1.165) is 0 Å². The molecule has 2 rings (SSSR count). The number of nitrogens with zero attached hydrogens (tertiary/aromatic N) is 1. The predicted molar refractivity (Wildman–Crippen MR) is 84.8 cm³/mol. The molecule has 7 nitrogen and oxygen atoms in total. The molecule has 0 unspecified atom stereocenters. The Morgan fingerprint density at radius 1 is 1.21 bits per heavy atom. The first kappa shape index (κ1) is 17.5. The predicted octanol–water partition coefficient (Wildman–Crippen LogP) is 2.60. The summed E-state index contributed by atoms with van der Waals surface area (Å²) in [4.78, 5) is 24.5. The van der Waals surface area contributed by atoms with E-state index >= 15 is 0 Å². The van der Waals surface area contributed by atoms with Crippen LogP contribution in [0.4, 0.5) is 0 Å². The maximum Gasteiger partial charge on any atom is 0.344 e. The van der Waals surface area contributed by atoms with Gasteiger partial charge in [0, 0.05) is 0 Å². The fraction of sp³-hybridized carbons (Fsp3) is 0.353. The van der Waals surface area contributed by atoms with Gasteiger partial charge in [0.25, 0.3) is 0 Å². The summed E-state index contributed by atoms with van der Waals surface area (Å²) in [6.45, 7) is 3.05. The fourth-order valence-electron chi connectivity index (χ4n) is 2.23. The Kier molecular flexibility index (Phi) is 5.57. The summed E-state index contributed by atoms with van der Waals surface area (Å²) < 4.78 is 20.4. The monoisotopic (exact) mass is 333 g/mol. The molecule has 2 aromatic rings. The largest absolute Gasteiger partial charge is 0.497 e. The van der Waals surface area contributed by atoms with E-state index in [9.17, 15) is 9.59 Å². The minimum atomic E-state index is -0.638. The standard InChI is InChI=1S/C17H19NO6/c1-5-13-16(10(2)24-18-13)17(20)23-9-14(19)12-8-11(21-3)6-7-15(12)22-4/h6-8H,5,9H2,1-4H3. The molecule has 0 aliphatic rings. The Labute approximate surface area is 139 Å². The molecule has 1 heterocycles. The van der Waals surface area contributed by atoms with Crippen LogP contribution in [0, 0.1) is 6.92 Å². The van der Waals surface area contributed by atoms with Crippen LogP contribution in [0.5, 0.6) is 11.5 Å². The Hall–Kier alpha value is -2.83. The van der Waals surface area contributed by atoms with Crippen molar-refractivity contribution in [1.82, 2.24) is 5.16 Å². The van der Waals surface area contributed by atoms with Crippen LogP contribution in [0.3, 0.4) is 0 Å². The second kappa shape index (κ2) is 7.63. The third kappa shape index (κ3) is 3.56. The van der Waals surface area contributed by atoms with E-state index in [1.165, 1.54) is 20.3 Å². The number of aryl methyl sites for hydroxylation is 2. The van der Waals surface area contributed by atoms with Crippen molar-refractivity contribution in [1.29, 1.82) is 0 Å². The Morgan fingerprint density at radius 2 is 1.96 bits per heavy atom. The average molecular weight is 333 g/mol. The van der Waals surface area contributed by atoms with E-state index in [-0.39, 0.29) is 11.1 Å². The third-order valence-electron chi connectivity index (χ3n) is 3.51. The summed E-state index contributed by atoms with van der Waals surface area (Å²) in [5.74, 6) is 0.219. The lowest BCUT2D eigenvalue weighted by atomic mass is 10.1. The molecule has 0 bridgehead atoms. The van der Waals surface area contributed by atoms with Crippen molar-refractivity contribution in [3.8, 4) is 11.5 Å². The number of esters is 1. The molecule has 128 valence electrons. The van der Waals surface area contributed by atoms with Crippen LogP contribution in [-0.4, -0.2) is 37.7 Å². The van der Waals surface area contributed by atoms with Crippen LogP contribution in [0.2, 0.25) is 0 Å². The molecular formula is C17H19NO6. The molecule has 0 radical (unpaired) electrons. The number of aromatic nitrogens is 1. The van der Waals surface area contributed by atoms with E-state index in [2.05, 4.69) is 5.16 Å². The first-order chi connectivity index (χ1) is 11.5. The topological polar surface area (TPSA) is 87.9 Å². The van der Waals surface area contributed by atoms with Gasteiger partial charge in [0.15, 0.2) is 6.61 Å². The molecular weight excluding hydrogens is 314 g/mol. The van der Waals surface area contributed by atoms with Crippen LogP contribution >= 0.6 is 0 Å². The van der Waals surface area contributed by atoms with Crippen LogP contribution in [0.25, 0.3) is 0 Å². The summed E-state index contributed by atoms with van der Waals surface area (Å²) in [6.07, 6.45) is 0.527. The van der Waals surface area contributed by atoms with Crippen molar-refractivity contribution in [2.75, 3.05) is 20.8 Å². The smallest absolute Gasteiger partial charge is 0.344 e.